The average molecular weight is 1110 g/mol. The normalized spacial score (nSPS) is 12.8. The van der Waals surface area contributed by atoms with Gasteiger partial charge in [-0.05, 0) is 83.5 Å². The summed E-state index contributed by atoms with van der Waals surface area (Å²) in [5.74, 6) is -0.0277. The summed E-state index contributed by atoms with van der Waals surface area (Å²) in [7, 11) is 0. The second-order valence-electron chi connectivity index (χ2n) is 24.2. The van der Waals surface area contributed by atoms with Gasteiger partial charge in [0.2, 0.25) is 5.91 Å². The number of amides is 1. The van der Waals surface area contributed by atoms with Gasteiger partial charge in [0.05, 0.1) is 25.4 Å². The highest BCUT2D eigenvalue weighted by atomic mass is 16.5. The van der Waals surface area contributed by atoms with E-state index in [1.165, 1.54) is 289 Å². The van der Waals surface area contributed by atoms with E-state index in [-0.39, 0.29) is 18.5 Å². The Morgan fingerprint density at radius 2 is 0.646 bits per heavy atom. The highest BCUT2D eigenvalue weighted by molar-refractivity contribution is 5.76. The van der Waals surface area contributed by atoms with E-state index in [9.17, 15) is 19.8 Å². The third-order valence-electron chi connectivity index (χ3n) is 16.4. The molecule has 0 bridgehead atoms. The number of nitrogens with one attached hydrogen (secondary N) is 1. The maximum atomic E-state index is 12.4. The molecule has 6 nitrogen and oxygen atoms in total. The van der Waals surface area contributed by atoms with Gasteiger partial charge in [0.1, 0.15) is 0 Å². The minimum absolute atomic E-state index is 0.00552. The topological polar surface area (TPSA) is 95.9 Å². The molecule has 0 radical (unpaired) electrons. The molecule has 0 aliphatic carbocycles. The number of rotatable bonds is 66. The lowest BCUT2D eigenvalue weighted by Crippen LogP contribution is -2.45. The zero-order valence-electron chi connectivity index (χ0n) is 53.1. The smallest absolute Gasteiger partial charge is 0.305 e. The van der Waals surface area contributed by atoms with Crippen molar-refractivity contribution in [3.63, 3.8) is 0 Å². The molecule has 0 heterocycles. The van der Waals surface area contributed by atoms with Crippen molar-refractivity contribution in [1.82, 2.24) is 5.32 Å². The lowest BCUT2D eigenvalue weighted by atomic mass is 10.0. The Kier molecular flexibility index (Phi) is 66.4. The Labute approximate surface area is 493 Å². The fourth-order valence-electron chi connectivity index (χ4n) is 10.9. The minimum Gasteiger partial charge on any atom is -0.466 e. The van der Waals surface area contributed by atoms with E-state index in [2.05, 4.69) is 67.8 Å². The monoisotopic (exact) mass is 1110 g/mol. The second-order valence-corrected chi connectivity index (χ2v) is 24.2. The molecule has 0 aliphatic rings. The first-order chi connectivity index (χ1) is 39.0. The molecule has 2 unspecified atom stereocenters. The van der Waals surface area contributed by atoms with Crippen molar-refractivity contribution >= 4 is 11.9 Å². The van der Waals surface area contributed by atoms with Crippen molar-refractivity contribution in [1.29, 1.82) is 0 Å². The van der Waals surface area contributed by atoms with Gasteiger partial charge in [-0.25, -0.2) is 0 Å². The summed E-state index contributed by atoms with van der Waals surface area (Å²) in [5, 5.41) is 23.1. The highest BCUT2D eigenvalue weighted by Gasteiger charge is 2.20. The number of aliphatic hydroxyl groups is 2. The van der Waals surface area contributed by atoms with Gasteiger partial charge in [0, 0.05) is 12.8 Å². The summed E-state index contributed by atoms with van der Waals surface area (Å²) in [6.07, 6.45) is 89.1. The predicted molar refractivity (Wildman–Crippen MR) is 347 cm³/mol. The first-order valence-electron chi connectivity index (χ1n) is 35.4. The summed E-state index contributed by atoms with van der Waals surface area (Å²) in [4.78, 5) is 24.5. The van der Waals surface area contributed by atoms with Crippen LogP contribution in [0.4, 0.5) is 0 Å². The van der Waals surface area contributed by atoms with Gasteiger partial charge in [0.15, 0.2) is 0 Å². The lowest BCUT2D eigenvalue weighted by Gasteiger charge is -2.22. The molecule has 2 atom stereocenters. The molecule has 1 amide bonds. The Bertz CT molecular complexity index is 1320. The maximum Gasteiger partial charge on any atom is 0.305 e. The standard InChI is InChI=1S/C73H137NO5/c1-3-5-7-9-11-13-14-15-44-47-51-55-59-63-67-73(78)79-68-64-60-56-52-48-45-42-40-38-36-34-32-30-28-26-24-22-20-18-16-17-19-21-23-25-27-29-31-33-35-37-39-41-43-46-50-54-58-62-66-72(77)74-70(69-75)71(76)65-61-57-53-49-12-10-8-6-4-2/h9,11,14-17,20,22,70-71,75-76H,3-8,10,12-13,18-19,21,23-69H2,1-2H3,(H,74,77)/b11-9-,15-14-,17-16-,22-20-. The van der Waals surface area contributed by atoms with Gasteiger partial charge >= 0.3 is 5.97 Å². The minimum atomic E-state index is -0.660. The van der Waals surface area contributed by atoms with E-state index in [0.29, 0.717) is 25.9 Å². The van der Waals surface area contributed by atoms with E-state index in [1.54, 1.807) is 0 Å². The number of aliphatic hydroxyl groups excluding tert-OH is 2. The number of esters is 1. The van der Waals surface area contributed by atoms with Crippen molar-refractivity contribution in [2.24, 2.45) is 0 Å². The van der Waals surface area contributed by atoms with Gasteiger partial charge < -0.3 is 20.3 Å². The van der Waals surface area contributed by atoms with Crippen LogP contribution < -0.4 is 5.32 Å². The molecule has 0 aromatic carbocycles. The van der Waals surface area contributed by atoms with Gasteiger partial charge in [-0.15, -0.1) is 0 Å². The summed E-state index contributed by atoms with van der Waals surface area (Å²) < 4.78 is 5.48. The first-order valence-corrected chi connectivity index (χ1v) is 35.4. The van der Waals surface area contributed by atoms with Crippen LogP contribution in [-0.4, -0.2) is 47.4 Å². The molecule has 3 N–H and O–H groups in total. The predicted octanol–water partition coefficient (Wildman–Crippen LogP) is 22.9. The largest absolute Gasteiger partial charge is 0.466 e. The Morgan fingerprint density at radius 1 is 0.354 bits per heavy atom. The quantitative estimate of drug-likeness (QED) is 0.0320. The second kappa shape index (κ2) is 68.3. The fourth-order valence-corrected chi connectivity index (χ4v) is 10.9. The number of ether oxygens (including phenoxy) is 1. The number of allylic oxidation sites excluding steroid dienone is 8. The summed E-state index contributed by atoms with van der Waals surface area (Å²) >= 11 is 0. The van der Waals surface area contributed by atoms with Crippen LogP contribution in [0, 0.1) is 0 Å². The molecular weight excluding hydrogens is 971 g/mol. The maximum absolute atomic E-state index is 12.4. The summed E-state index contributed by atoms with van der Waals surface area (Å²) in [6, 6.07) is -0.537. The molecule has 0 aliphatic heterocycles. The average Bonchev–Trinajstić information content (AvgIpc) is 3.45. The number of hydrogen-bond donors (Lipinski definition) is 3. The van der Waals surface area contributed by atoms with Gasteiger partial charge in [0.25, 0.3) is 0 Å². The van der Waals surface area contributed by atoms with Gasteiger partial charge in [-0.1, -0.05) is 332 Å². The van der Waals surface area contributed by atoms with Crippen molar-refractivity contribution < 1.29 is 24.5 Å². The Balaban J connectivity index is 3.33. The van der Waals surface area contributed by atoms with Crippen molar-refractivity contribution in [3.8, 4) is 0 Å². The molecule has 6 heteroatoms. The highest BCUT2D eigenvalue weighted by Crippen LogP contribution is 2.18. The van der Waals surface area contributed by atoms with Crippen LogP contribution in [0.3, 0.4) is 0 Å². The van der Waals surface area contributed by atoms with Crippen LogP contribution in [0.1, 0.15) is 380 Å². The molecule has 0 spiro atoms. The summed E-state index contributed by atoms with van der Waals surface area (Å²) in [5.41, 5.74) is 0. The van der Waals surface area contributed by atoms with Gasteiger partial charge in [-0.2, -0.15) is 0 Å². The Morgan fingerprint density at radius 3 is 1.00 bits per heavy atom. The summed E-state index contributed by atoms with van der Waals surface area (Å²) in [6.45, 7) is 4.90. The number of carbonyl (C=O) groups is 2. The van der Waals surface area contributed by atoms with E-state index in [4.69, 9.17) is 4.74 Å². The van der Waals surface area contributed by atoms with E-state index in [0.717, 1.165) is 57.8 Å². The number of unbranched alkanes of at least 4 members (excludes halogenated alkanes) is 47. The molecule has 464 valence electrons. The molecule has 0 rings (SSSR count). The van der Waals surface area contributed by atoms with Gasteiger partial charge in [-0.3, -0.25) is 9.59 Å². The van der Waals surface area contributed by atoms with E-state index < -0.39 is 12.1 Å². The molecule has 0 aromatic heterocycles. The van der Waals surface area contributed by atoms with Crippen molar-refractivity contribution in [2.75, 3.05) is 13.2 Å². The van der Waals surface area contributed by atoms with Crippen LogP contribution in [0.25, 0.3) is 0 Å². The third kappa shape index (κ3) is 64.8. The molecule has 79 heavy (non-hydrogen) atoms. The van der Waals surface area contributed by atoms with Crippen molar-refractivity contribution in [2.45, 2.75) is 392 Å². The Hall–Kier alpha value is -2.18. The van der Waals surface area contributed by atoms with E-state index >= 15 is 0 Å². The molecule has 0 saturated heterocycles. The van der Waals surface area contributed by atoms with Crippen LogP contribution in [0.2, 0.25) is 0 Å². The zero-order chi connectivity index (χ0) is 57.1. The van der Waals surface area contributed by atoms with Crippen LogP contribution >= 0.6 is 0 Å². The zero-order valence-corrected chi connectivity index (χ0v) is 53.1. The molecule has 0 saturated carbocycles. The number of carbonyl (C=O) groups excluding carboxylic acids is 2. The first kappa shape index (κ1) is 76.8. The third-order valence-corrected chi connectivity index (χ3v) is 16.4. The van der Waals surface area contributed by atoms with Crippen molar-refractivity contribution in [3.05, 3.63) is 48.6 Å². The van der Waals surface area contributed by atoms with Crippen LogP contribution in [0.5, 0.6) is 0 Å². The number of hydrogen-bond acceptors (Lipinski definition) is 5. The SMILES string of the molecule is CCCC/C=C\C/C=C\CCCCCCCC(=O)OCCCCCCCCCCCCCCCCC/C=C\C/C=C\CCCCCCCCCCCCCCCCCCCC(=O)NC(CO)C(O)CCCCCCCCCCC. The van der Waals surface area contributed by atoms with Crippen LogP contribution in [0.15, 0.2) is 48.6 Å². The molecular formula is C73H137NO5. The molecule has 0 fully saturated rings. The molecule has 0 aromatic rings. The van der Waals surface area contributed by atoms with E-state index in [1.807, 2.05) is 0 Å². The van der Waals surface area contributed by atoms with Crippen LogP contribution in [-0.2, 0) is 14.3 Å². The fraction of sp³-hybridized carbons (Fsp3) is 0.863. The lowest BCUT2D eigenvalue weighted by molar-refractivity contribution is -0.143.